The van der Waals surface area contributed by atoms with Crippen LogP contribution in [0, 0.1) is 0 Å². The normalized spacial score (nSPS) is 13.6. The van der Waals surface area contributed by atoms with Crippen LogP contribution in [0.2, 0.25) is 0 Å². The van der Waals surface area contributed by atoms with E-state index in [2.05, 4.69) is 37.7 Å². The Morgan fingerprint density at radius 3 is 1.03 bits per heavy atom. The number of hydrogen-bond donors (Lipinski definition) is 2. The van der Waals surface area contributed by atoms with E-state index in [1.807, 2.05) is 0 Å². The summed E-state index contributed by atoms with van der Waals surface area (Å²) in [6.45, 7) is 8.45. The highest BCUT2D eigenvalue weighted by Crippen LogP contribution is 2.12. The predicted molar refractivity (Wildman–Crippen MR) is 162 cm³/mol. The van der Waals surface area contributed by atoms with Gasteiger partial charge in [-0.3, -0.25) is 0 Å². The van der Waals surface area contributed by atoms with Crippen molar-refractivity contribution in [3.8, 4) is 0 Å². The lowest BCUT2D eigenvalue weighted by atomic mass is 10.1. The Labute approximate surface area is 232 Å². The molecule has 0 saturated heterocycles. The zero-order valence-corrected chi connectivity index (χ0v) is 25.7. The summed E-state index contributed by atoms with van der Waals surface area (Å²) in [4.78, 5) is 4.41. The van der Waals surface area contributed by atoms with Crippen molar-refractivity contribution < 1.29 is 14.9 Å². The number of ether oxygens (including phenoxy) is 1. The lowest BCUT2D eigenvalue weighted by Gasteiger charge is -2.22. The first-order chi connectivity index (χ1) is 18.0. The second-order valence-electron chi connectivity index (χ2n) is 11.7. The van der Waals surface area contributed by atoms with Crippen molar-refractivity contribution in [3.63, 3.8) is 0 Å². The summed E-state index contributed by atoms with van der Waals surface area (Å²) in [5, 5.41) is 20.6. The van der Waals surface area contributed by atoms with Crippen LogP contribution in [0.25, 0.3) is 0 Å². The maximum atomic E-state index is 10.3. The van der Waals surface area contributed by atoms with E-state index in [1.165, 1.54) is 128 Å². The molecule has 0 aromatic rings. The smallest absolute Gasteiger partial charge is 0.0900 e. The number of rotatable bonds is 30. The zero-order valence-electron chi connectivity index (χ0n) is 25.7. The SMILES string of the molecule is CCCCCCCCCCCCN(C)CC(O)COCC(O)CN(C)CCCCCCCCCCCC. The van der Waals surface area contributed by atoms with Gasteiger partial charge in [-0.15, -0.1) is 0 Å². The largest absolute Gasteiger partial charge is 0.389 e. The van der Waals surface area contributed by atoms with Crippen LogP contribution in [0.4, 0.5) is 0 Å². The summed E-state index contributed by atoms with van der Waals surface area (Å²) in [6, 6.07) is 0. The zero-order chi connectivity index (χ0) is 27.4. The van der Waals surface area contributed by atoms with Gasteiger partial charge < -0.3 is 24.7 Å². The van der Waals surface area contributed by atoms with Crippen molar-refractivity contribution in [3.05, 3.63) is 0 Å². The van der Waals surface area contributed by atoms with Crippen LogP contribution in [0.5, 0.6) is 0 Å². The molecule has 0 rings (SSSR count). The highest BCUT2D eigenvalue weighted by molar-refractivity contribution is 4.64. The molecule has 0 aliphatic rings. The van der Waals surface area contributed by atoms with Gasteiger partial charge >= 0.3 is 0 Å². The Balaban J connectivity index is 3.53. The fraction of sp³-hybridized carbons (Fsp3) is 1.00. The summed E-state index contributed by atoms with van der Waals surface area (Å²) in [5.41, 5.74) is 0. The Kier molecular flexibility index (Phi) is 28.6. The van der Waals surface area contributed by atoms with Crippen LogP contribution in [-0.2, 0) is 4.74 Å². The average molecular weight is 529 g/mol. The third kappa shape index (κ3) is 28.6. The number of aliphatic hydroxyl groups excluding tert-OH is 2. The number of nitrogens with zero attached hydrogens (tertiary/aromatic N) is 2. The van der Waals surface area contributed by atoms with Gasteiger partial charge in [-0.25, -0.2) is 0 Å². The van der Waals surface area contributed by atoms with Gasteiger partial charge in [0.15, 0.2) is 0 Å². The van der Waals surface area contributed by atoms with E-state index in [1.54, 1.807) is 0 Å². The molecule has 0 aromatic carbocycles. The molecule has 0 saturated carbocycles. The molecule has 224 valence electrons. The summed E-state index contributed by atoms with van der Waals surface area (Å²) >= 11 is 0. The summed E-state index contributed by atoms with van der Waals surface area (Å²) in [5.74, 6) is 0. The third-order valence-corrected chi connectivity index (χ3v) is 7.45. The molecule has 0 fully saturated rings. The molecule has 0 spiro atoms. The molecule has 5 heteroatoms. The highest BCUT2D eigenvalue weighted by atomic mass is 16.5. The Morgan fingerprint density at radius 1 is 0.459 bits per heavy atom. The van der Waals surface area contributed by atoms with Gasteiger partial charge in [0.05, 0.1) is 25.4 Å². The van der Waals surface area contributed by atoms with E-state index < -0.39 is 12.2 Å². The predicted octanol–water partition coefficient (Wildman–Crippen LogP) is 7.43. The minimum absolute atomic E-state index is 0.293. The first-order valence-electron chi connectivity index (χ1n) is 16.3. The van der Waals surface area contributed by atoms with E-state index in [0.29, 0.717) is 26.3 Å². The molecule has 0 bridgehead atoms. The fourth-order valence-corrected chi connectivity index (χ4v) is 5.09. The molecule has 0 aliphatic heterocycles. The summed E-state index contributed by atoms with van der Waals surface area (Å²) < 4.78 is 5.62. The Morgan fingerprint density at radius 2 is 0.730 bits per heavy atom. The van der Waals surface area contributed by atoms with E-state index in [0.717, 1.165) is 13.1 Å². The molecule has 2 atom stereocenters. The number of unbranched alkanes of at least 4 members (excludes halogenated alkanes) is 18. The first kappa shape index (κ1) is 36.8. The van der Waals surface area contributed by atoms with Gasteiger partial charge in [-0.2, -0.15) is 0 Å². The van der Waals surface area contributed by atoms with E-state index >= 15 is 0 Å². The van der Waals surface area contributed by atoms with Gasteiger partial charge in [0.2, 0.25) is 0 Å². The van der Waals surface area contributed by atoms with Crippen molar-refractivity contribution in [2.75, 3.05) is 53.5 Å². The standard InChI is InChI=1S/C32H68N2O3/c1-5-7-9-11-13-15-17-19-21-23-25-33(3)27-31(35)29-37-30-32(36)28-34(4)26-24-22-20-18-16-14-12-10-8-6-2/h31-32,35-36H,5-30H2,1-4H3. The summed E-state index contributed by atoms with van der Waals surface area (Å²) in [6.07, 6.45) is 26.0. The molecule has 0 aromatic heterocycles. The monoisotopic (exact) mass is 529 g/mol. The minimum Gasteiger partial charge on any atom is -0.389 e. The topological polar surface area (TPSA) is 56.2 Å². The van der Waals surface area contributed by atoms with E-state index in [4.69, 9.17) is 4.74 Å². The van der Waals surface area contributed by atoms with Crippen molar-refractivity contribution >= 4 is 0 Å². The van der Waals surface area contributed by atoms with Crippen LogP contribution in [0.3, 0.4) is 0 Å². The first-order valence-corrected chi connectivity index (χ1v) is 16.3. The number of hydrogen-bond acceptors (Lipinski definition) is 5. The fourth-order valence-electron chi connectivity index (χ4n) is 5.09. The second kappa shape index (κ2) is 28.8. The number of likely N-dealkylation sites (N-methyl/N-ethyl adjacent to an activating group) is 2. The Hall–Kier alpha value is -0.200. The molecular weight excluding hydrogens is 460 g/mol. The quantitative estimate of drug-likeness (QED) is 0.0949. The van der Waals surface area contributed by atoms with E-state index in [-0.39, 0.29) is 0 Å². The molecule has 0 heterocycles. The van der Waals surface area contributed by atoms with Crippen molar-refractivity contribution in [1.29, 1.82) is 0 Å². The van der Waals surface area contributed by atoms with Gasteiger partial charge in [0, 0.05) is 13.1 Å². The lowest BCUT2D eigenvalue weighted by molar-refractivity contribution is -0.0223. The number of aliphatic hydroxyl groups is 2. The van der Waals surface area contributed by atoms with Crippen LogP contribution in [-0.4, -0.2) is 85.7 Å². The van der Waals surface area contributed by atoms with Crippen molar-refractivity contribution in [2.45, 2.75) is 154 Å². The highest BCUT2D eigenvalue weighted by Gasteiger charge is 2.12. The van der Waals surface area contributed by atoms with Crippen LogP contribution in [0.15, 0.2) is 0 Å². The van der Waals surface area contributed by atoms with Crippen molar-refractivity contribution in [2.24, 2.45) is 0 Å². The molecule has 0 aliphatic carbocycles. The lowest BCUT2D eigenvalue weighted by Crippen LogP contribution is -2.36. The molecule has 2 N–H and O–H groups in total. The molecule has 5 nitrogen and oxygen atoms in total. The van der Waals surface area contributed by atoms with Crippen LogP contribution in [0.1, 0.15) is 142 Å². The third-order valence-electron chi connectivity index (χ3n) is 7.45. The van der Waals surface area contributed by atoms with E-state index in [9.17, 15) is 10.2 Å². The molecule has 0 amide bonds. The molecule has 37 heavy (non-hydrogen) atoms. The summed E-state index contributed by atoms with van der Waals surface area (Å²) in [7, 11) is 4.16. The minimum atomic E-state index is -0.496. The molecule has 0 radical (unpaired) electrons. The van der Waals surface area contributed by atoms with Crippen LogP contribution >= 0.6 is 0 Å². The Bertz CT molecular complexity index is 400. The average Bonchev–Trinajstić information content (AvgIpc) is 2.86. The van der Waals surface area contributed by atoms with Gasteiger partial charge in [0.1, 0.15) is 0 Å². The second-order valence-corrected chi connectivity index (χ2v) is 11.7. The van der Waals surface area contributed by atoms with Gasteiger partial charge in [-0.05, 0) is 40.0 Å². The van der Waals surface area contributed by atoms with Gasteiger partial charge in [0.25, 0.3) is 0 Å². The molecule has 2 unspecified atom stereocenters. The van der Waals surface area contributed by atoms with Crippen molar-refractivity contribution in [1.82, 2.24) is 9.80 Å². The maximum absolute atomic E-state index is 10.3. The molecular formula is C32H68N2O3. The van der Waals surface area contributed by atoms with Gasteiger partial charge in [-0.1, -0.05) is 129 Å². The maximum Gasteiger partial charge on any atom is 0.0900 e. The van der Waals surface area contributed by atoms with Crippen LogP contribution < -0.4 is 0 Å².